The van der Waals surface area contributed by atoms with Gasteiger partial charge in [0.1, 0.15) is 6.07 Å². The van der Waals surface area contributed by atoms with Crippen molar-refractivity contribution >= 4 is 0 Å². The maximum Gasteiger partial charge on any atom is 0.249 e. The van der Waals surface area contributed by atoms with Crippen LogP contribution in [0.4, 0.5) is 8.78 Å². The molecule has 68 valence electrons. The summed E-state index contributed by atoms with van der Waals surface area (Å²) in [7, 11) is 0. The average molecular weight is 183 g/mol. The van der Waals surface area contributed by atoms with E-state index in [4.69, 9.17) is 5.26 Å². The number of aromatic amines is 1. The minimum absolute atomic E-state index is 0.188. The molecule has 0 saturated heterocycles. The molecule has 0 spiro atoms. The summed E-state index contributed by atoms with van der Waals surface area (Å²) >= 11 is 0. The van der Waals surface area contributed by atoms with Gasteiger partial charge >= 0.3 is 0 Å². The molecule has 0 unspecified atom stereocenters. The van der Waals surface area contributed by atoms with Gasteiger partial charge in [0.2, 0.25) is 5.92 Å². The summed E-state index contributed by atoms with van der Waals surface area (Å²) in [6.45, 7) is 0. The first-order valence-electron chi connectivity index (χ1n) is 3.94. The SMILES string of the molecule is N#Cc1c[nH]nc1C1CC(F)(F)C1. The van der Waals surface area contributed by atoms with E-state index in [9.17, 15) is 8.78 Å². The fourth-order valence-electron chi connectivity index (χ4n) is 1.56. The quantitative estimate of drug-likeness (QED) is 0.721. The number of nitrogens with one attached hydrogen (secondary N) is 1. The number of nitriles is 1. The minimum Gasteiger partial charge on any atom is -0.284 e. The molecule has 0 aromatic carbocycles. The summed E-state index contributed by atoms with van der Waals surface area (Å²) in [6, 6.07) is 1.91. The number of rotatable bonds is 1. The Morgan fingerprint density at radius 3 is 2.85 bits per heavy atom. The van der Waals surface area contributed by atoms with Crippen molar-refractivity contribution in [3.05, 3.63) is 17.5 Å². The van der Waals surface area contributed by atoms with Crippen molar-refractivity contribution in [2.45, 2.75) is 24.7 Å². The molecule has 2 rings (SSSR count). The Kier molecular flexibility index (Phi) is 1.59. The third kappa shape index (κ3) is 1.28. The number of aromatic nitrogens is 2. The highest BCUT2D eigenvalue weighted by Crippen LogP contribution is 2.48. The molecule has 0 amide bonds. The van der Waals surface area contributed by atoms with Gasteiger partial charge in [0.15, 0.2) is 0 Å². The third-order valence-electron chi connectivity index (χ3n) is 2.27. The van der Waals surface area contributed by atoms with Gasteiger partial charge in [-0.05, 0) is 0 Å². The van der Waals surface area contributed by atoms with Gasteiger partial charge in [-0.1, -0.05) is 0 Å². The Hall–Kier alpha value is -1.44. The molecule has 1 saturated carbocycles. The lowest BCUT2D eigenvalue weighted by molar-refractivity contribution is -0.0876. The van der Waals surface area contributed by atoms with Crippen LogP contribution in [-0.2, 0) is 0 Å². The van der Waals surface area contributed by atoms with Crippen LogP contribution in [-0.4, -0.2) is 16.1 Å². The first-order chi connectivity index (χ1) is 6.12. The van der Waals surface area contributed by atoms with Crippen molar-refractivity contribution in [2.24, 2.45) is 0 Å². The van der Waals surface area contributed by atoms with Crippen LogP contribution in [0.15, 0.2) is 6.20 Å². The molecule has 0 atom stereocenters. The van der Waals surface area contributed by atoms with Crippen molar-refractivity contribution in [2.75, 3.05) is 0 Å². The Morgan fingerprint density at radius 2 is 2.31 bits per heavy atom. The molecule has 1 aliphatic carbocycles. The van der Waals surface area contributed by atoms with Gasteiger partial charge in [0.25, 0.3) is 0 Å². The molecule has 1 aromatic rings. The number of H-pyrrole nitrogens is 1. The van der Waals surface area contributed by atoms with Crippen LogP contribution in [0.3, 0.4) is 0 Å². The zero-order valence-electron chi connectivity index (χ0n) is 6.72. The molecular weight excluding hydrogens is 176 g/mol. The fraction of sp³-hybridized carbons (Fsp3) is 0.500. The molecule has 1 heterocycles. The molecule has 1 aromatic heterocycles. The molecule has 5 heteroatoms. The second-order valence-electron chi connectivity index (χ2n) is 3.26. The zero-order valence-corrected chi connectivity index (χ0v) is 6.72. The lowest BCUT2D eigenvalue weighted by atomic mass is 9.78. The fourth-order valence-corrected chi connectivity index (χ4v) is 1.56. The van der Waals surface area contributed by atoms with Crippen LogP contribution in [0.25, 0.3) is 0 Å². The second kappa shape index (κ2) is 2.52. The lowest BCUT2D eigenvalue weighted by Gasteiger charge is -2.33. The number of hydrogen-bond acceptors (Lipinski definition) is 2. The van der Waals surface area contributed by atoms with Crippen molar-refractivity contribution in [1.29, 1.82) is 5.26 Å². The number of hydrogen-bond donors (Lipinski definition) is 1. The Bertz CT molecular complexity index is 356. The highest BCUT2D eigenvalue weighted by Gasteiger charge is 2.47. The molecular formula is C8H7F2N3. The Balaban J connectivity index is 2.16. The summed E-state index contributed by atoms with van der Waals surface area (Å²) in [4.78, 5) is 0. The molecule has 13 heavy (non-hydrogen) atoms. The van der Waals surface area contributed by atoms with E-state index in [-0.39, 0.29) is 18.8 Å². The first-order valence-corrected chi connectivity index (χ1v) is 3.94. The van der Waals surface area contributed by atoms with Crippen molar-refractivity contribution in [1.82, 2.24) is 10.2 Å². The largest absolute Gasteiger partial charge is 0.284 e. The summed E-state index contributed by atoms with van der Waals surface area (Å²) in [5.74, 6) is -2.81. The molecule has 1 fully saturated rings. The molecule has 3 nitrogen and oxygen atoms in total. The molecule has 0 aliphatic heterocycles. The maximum atomic E-state index is 12.5. The monoisotopic (exact) mass is 183 g/mol. The summed E-state index contributed by atoms with van der Waals surface area (Å²) in [5, 5.41) is 14.9. The van der Waals surface area contributed by atoms with Crippen LogP contribution < -0.4 is 0 Å². The topological polar surface area (TPSA) is 52.5 Å². The molecule has 0 bridgehead atoms. The standard InChI is InChI=1S/C8H7F2N3/c9-8(10)1-5(2-8)7-6(3-11)4-12-13-7/h4-5H,1-2H2,(H,12,13). The van der Waals surface area contributed by atoms with Crippen molar-refractivity contribution < 1.29 is 8.78 Å². The van der Waals surface area contributed by atoms with E-state index in [1.807, 2.05) is 6.07 Å². The van der Waals surface area contributed by atoms with E-state index < -0.39 is 5.92 Å². The lowest BCUT2D eigenvalue weighted by Crippen LogP contribution is -2.34. The number of nitrogens with zero attached hydrogens (tertiary/aromatic N) is 2. The van der Waals surface area contributed by atoms with E-state index >= 15 is 0 Å². The van der Waals surface area contributed by atoms with Gasteiger partial charge in [0.05, 0.1) is 11.3 Å². The predicted octanol–water partition coefficient (Wildman–Crippen LogP) is 1.79. The van der Waals surface area contributed by atoms with E-state index in [1.54, 1.807) is 0 Å². The summed E-state index contributed by atoms with van der Waals surface area (Å²) < 4.78 is 25.0. The van der Waals surface area contributed by atoms with Gasteiger partial charge in [0, 0.05) is 25.0 Å². The number of halogens is 2. The third-order valence-corrected chi connectivity index (χ3v) is 2.27. The van der Waals surface area contributed by atoms with Crippen molar-refractivity contribution in [3.63, 3.8) is 0 Å². The van der Waals surface area contributed by atoms with E-state index in [0.29, 0.717) is 11.3 Å². The minimum atomic E-state index is -2.56. The van der Waals surface area contributed by atoms with Gasteiger partial charge in [-0.25, -0.2) is 8.78 Å². The van der Waals surface area contributed by atoms with E-state index in [2.05, 4.69) is 10.2 Å². The molecule has 1 aliphatic rings. The highest BCUT2D eigenvalue weighted by molar-refractivity contribution is 5.34. The normalized spacial score (nSPS) is 20.7. The first kappa shape index (κ1) is 8.17. The Labute approximate surface area is 73.4 Å². The van der Waals surface area contributed by atoms with Crippen molar-refractivity contribution in [3.8, 4) is 6.07 Å². The van der Waals surface area contributed by atoms with Crippen LogP contribution in [0.5, 0.6) is 0 Å². The highest BCUT2D eigenvalue weighted by atomic mass is 19.3. The van der Waals surface area contributed by atoms with Crippen LogP contribution in [0.1, 0.15) is 30.0 Å². The van der Waals surface area contributed by atoms with E-state index in [0.717, 1.165) is 0 Å². The second-order valence-corrected chi connectivity index (χ2v) is 3.26. The zero-order chi connectivity index (χ0) is 9.47. The summed E-state index contributed by atoms with van der Waals surface area (Å²) in [5.41, 5.74) is 0.855. The molecule has 0 radical (unpaired) electrons. The van der Waals surface area contributed by atoms with Crippen LogP contribution in [0.2, 0.25) is 0 Å². The van der Waals surface area contributed by atoms with E-state index in [1.165, 1.54) is 6.20 Å². The Morgan fingerprint density at radius 1 is 1.62 bits per heavy atom. The molecule has 1 N–H and O–H groups in total. The average Bonchev–Trinajstić information content (AvgIpc) is 2.46. The van der Waals surface area contributed by atoms with Gasteiger partial charge in [-0.3, -0.25) is 5.10 Å². The van der Waals surface area contributed by atoms with Crippen LogP contribution in [0, 0.1) is 11.3 Å². The van der Waals surface area contributed by atoms with Gasteiger partial charge < -0.3 is 0 Å². The summed E-state index contributed by atoms with van der Waals surface area (Å²) in [6.07, 6.45) is 1.06. The van der Waals surface area contributed by atoms with Gasteiger partial charge in [-0.15, -0.1) is 0 Å². The number of alkyl halides is 2. The maximum absolute atomic E-state index is 12.5. The van der Waals surface area contributed by atoms with Gasteiger partial charge in [-0.2, -0.15) is 10.4 Å². The predicted molar refractivity (Wildman–Crippen MR) is 40.2 cm³/mol. The smallest absolute Gasteiger partial charge is 0.249 e. The van der Waals surface area contributed by atoms with Crippen LogP contribution >= 0.6 is 0 Å².